The van der Waals surface area contributed by atoms with Crippen LogP contribution in [0.15, 0.2) is 47.5 Å². The summed E-state index contributed by atoms with van der Waals surface area (Å²) in [5.74, 6) is 0.0682. The second kappa shape index (κ2) is 10.0. The molecule has 4 aromatic rings. The van der Waals surface area contributed by atoms with E-state index in [1.165, 1.54) is 6.26 Å². The summed E-state index contributed by atoms with van der Waals surface area (Å²) in [6, 6.07) is 9.19. The molecule has 4 heterocycles. The largest absolute Gasteiger partial charge is 0.444 e. The number of likely N-dealkylation sites (tertiary alicyclic amines) is 1. The fraction of sp³-hybridized carbons (Fsp3) is 0.444. The first-order valence-electron chi connectivity index (χ1n) is 12.8. The van der Waals surface area contributed by atoms with Crippen LogP contribution in [0.1, 0.15) is 38.9 Å². The number of imidazole rings is 1. The van der Waals surface area contributed by atoms with Crippen molar-refractivity contribution in [3.63, 3.8) is 0 Å². The van der Waals surface area contributed by atoms with E-state index in [2.05, 4.69) is 9.55 Å². The summed E-state index contributed by atoms with van der Waals surface area (Å²) >= 11 is 6.25. The van der Waals surface area contributed by atoms with Crippen LogP contribution in [0.4, 0.5) is 4.79 Å². The third kappa shape index (κ3) is 5.69. The minimum atomic E-state index is -3.11. The first kappa shape index (κ1) is 27.3. The third-order valence-corrected chi connectivity index (χ3v) is 8.08. The number of aryl methyl sites for hydroxylation is 1. The number of benzene rings is 1. The van der Waals surface area contributed by atoms with E-state index in [9.17, 15) is 18.0 Å². The zero-order chi connectivity index (χ0) is 28.1. The Kier molecular flexibility index (Phi) is 7.00. The van der Waals surface area contributed by atoms with Gasteiger partial charge in [0, 0.05) is 53.7 Å². The number of fused-ring (bicyclic) bond motifs is 2. The Morgan fingerprint density at radius 2 is 1.85 bits per heavy atom. The summed E-state index contributed by atoms with van der Waals surface area (Å²) in [7, 11) is -3.11. The number of aromatic nitrogens is 4. The number of nitrogens with zero attached hydrogens (tertiary/aromatic N) is 5. The maximum Gasteiger partial charge on any atom is 0.410 e. The van der Waals surface area contributed by atoms with Crippen LogP contribution in [0.25, 0.3) is 21.9 Å². The highest BCUT2D eigenvalue weighted by molar-refractivity contribution is 7.90. The van der Waals surface area contributed by atoms with Crippen molar-refractivity contribution in [1.29, 1.82) is 0 Å². The van der Waals surface area contributed by atoms with Crippen LogP contribution < -0.4 is 5.69 Å². The molecule has 0 radical (unpaired) electrons. The molecular formula is C27H32ClN5O5S. The van der Waals surface area contributed by atoms with E-state index < -0.39 is 21.5 Å². The Morgan fingerprint density at radius 1 is 1.10 bits per heavy atom. The maximum absolute atomic E-state index is 13.8. The molecule has 1 aliphatic heterocycles. The minimum absolute atomic E-state index is 0.0682. The second-order valence-corrected chi connectivity index (χ2v) is 13.8. The quantitative estimate of drug-likeness (QED) is 0.330. The average molecular weight is 574 g/mol. The Balaban J connectivity index is 1.48. The Bertz CT molecular complexity index is 1720. The van der Waals surface area contributed by atoms with Crippen molar-refractivity contribution >= 4 is 49.5 Å². The predicted octanol–water partition coefficient (Wildman–Crippen LogP) is 4.08. The number of pyridine rings is 1. The van der Waals surface area contributed by atoms with Gasteiger partial charge in [-0.3, -0.25) is 14.1 Å². The van der Waals surface area contributed by atoms with Gasteiger partial charge in [0.05, 0.1) is 35.6 Å². The van der Waals surface area contributed by atoms with Crippen molar-refractivity contribution in [2.75, 3.05) is 25.1 Å². The highest BCUT2D eigenvalue weighted by atomic mass is 35.5. The highest BCUT2D eigenvalue weighted by Gasteiger charge is 2.37. The van der Waals surface area contributed by atoms with Crippen molar-refractivity contribution in [1.82, 2.24) is 23.6 Å². The molecule has 1 saturated heterocycles. The molecule has 208 valence electrons. The number of carbonyl (C=O) groups is 1. The molecule has 1 amide bonds. The fourth-order valence-corrected chi connectivity index (χ4v) is 5.90. The van der Waals surface area contributed by atoms with Crippen molar-refractivity contribution in [3.8, 4) is 0 Å². The fourth-order valence-electron chi connectivity index (χ4n) is 5.07. The van der Waals surface area contributed by atoms with Crippen LogP contribution in [0.5, 0.6) is 0 Å². The molecule has 0 aliphatic carbocycles. The first-order chi connectivity index (χ1) is 18.3. The van der Waals surface area contributed by atoms with Gasteiger partial charge in [-0.05, 0) is 57.5 Å². The second-order valence-electron chi connectivity index (χ2n) is 11.1. The van der Waals surface area contributed by atoms with E-state index in [0.717, 1.165) is 22.1 Å². The molecule has 10 nitrogen and oxygen atoms in total. The molecule has 12 heteroatoms. The number of hydrogen-bond acceptors (Lipinski definition) is 6. The monoisotopic (exact) mass is 573 g/mol. The standard InChI is InChI=1S/C27H32ClN5O5S/c1-27(2,3)38-26(35)30-15-21(16-30)33-23-8-9-29-14-24(23)32(25(33)34)17-20-13-18-12-19(28)6-7-22(18)31(20)10-5-11-39(4,36)37/h6-9,12-14,21H,5,10-11,15-17H2,1-4H3. The van der Waals surface area contributed by atoms with Crippen LogP contribution in [0.3, 0.4) is 0 Å². The molecule has 0 N–H and O–H groups in total. The average Bonchev–Trinajstić information content (AvgIpc) is 3.26. The summed E-state index contributed by atoms with van der Waals surface area (Å²) in [6.07, 6.45) is 4.60. The molecule has 1 fully saturated rings. The van der Waals surface area contributed by atoms with E-state index in [1.807, 2.05) is 45.0 Å². The summed E-state index contributed by atoms with van der Waals surface area (Å²) < 4.78 is 34.4. The Morgan fingerprint density at radius 3 is 2.54 bits per heavy atom. The Hall–Kier alpha value is -3.31. The van der Waals surface area contributed by atoms with Gasteiger partial charge in [0.1, 0.15) is 15.4 Å². The van der Waals surface area contributed by atoms with Crippen LogP contribution in [0, 0.1) is 0 Å². The molecule has 0 atom stereocenters. The molecule has 39 heavy (non-hydrogen) atoms. The number of hydrogen-bond donors (Lipinski definition) is 0. The van der Waals surface area contributed by atoms with Gasteiger partial charge in [-0.1, -0.05) is 11.6 Å². The normalized spacial score (nSPS) is 14.7. The topological polar surface area (TPSA) is 108 Å². The molecule has 1 aliphatic rings. The lowest BCUT2D eigenvalue weighted by Gasteiger charge is -2.40. The van der Waals surface area contributed by atoms with E-state index in [-0.39, 0.29) is 24.0 Å². The predicted molar refractivity (Wildman–Crippen MR) is 151 cm³/mol. The zero-order valence-corrected chi connectivity index (χ0v) is 24.0. The summed E-state index contributed by atoms with van der Waals surface area (Å²) in [4.78, 5) is 32.1. The molecule has 1 aromatic carbocycles. The lowest BCUT2D eigenvalue weighted by Crippen LogP contribution is -2.54. The number of carbonyl (C=O) groups excluding carboxylic acids is 1. The molecule has 0 saturated carbocycles. The number of sulfone groups is 1. The van der Waals surface area contributed by atoms with Gasteiger partial charge in [0.2, 0.25) is 0 Å². The van der Waals surface area contributed by atoms with Gasteiger partial charge < -0.3 is 14.2 Å². The lowest BCUT2D eigenvalue weighted by atomic mass is 10.1. The van der Waals surface area contributed by atoms with Crippen LogP contribution >= 0.6 is 11.6 Å². The van der Waals surface area contributed by atoms with E-state index >= 15 is 0 Å². The summed E-state index contributed by atoms with van der Waals surface area (Å²) in [6.45, 7) is 6.96. The maximum atomic E-state index is 13.8. The van der Waals surface area contributed by atoms with Gasteiger partial charge >= 0.3 is 11.8 Å². The van der Waals surface area contributed by atoms with E-state index in [4.69, 9.17) is 16.3 Å². The van der Waals surface area contributed by atoms with Gasteiger partial charge in [-0.15, -0.1) is 0 Å². The van der Waals surface area contributed by atoms with Gasteiger partial charge in [0.25, 0.3) is 0 Å². The van der Waals surface area contributed by atoms with E-state index in [0.29, 0.717) is 36.6 Å². The zero-order valence-electron chi connectivity index (χ0n) is 22.4. The molecule has 0 unspecified atom stereocenters. The number of rotatable bonds is 7. The smallest absolute Gasteiger partial charge is 0.410 e. The number of amides is 1. The van der Waals surface area contributed by atoms with Gasteiger partial charge in [-0.25, -0.2) is 18.0 Å². The van der Waals surface area contributed by atoms with E-state index in [1.54, 1.807) is 32.5 Å². The highest BCUT2D eigenvalue weighted by Crippen LogP contribution is 2.28. The summed E-state index contributed by atoms with van der Waals surface area (Å²) in [5, 5.41) is 1.51. The SMILES string of the molecule is CC(C)(C)OC(=O)N1CC(n2c(=O)n(Cc3cc4cc(Cl)ccc4n3CCCS(C)(=O)=O)c3cnccc32)C1. The van der Waals surface area contributed by atoms with Gasteiger partial charge in [0.15, 0.2) is 0 Å². The van der Waals surface area contributed by atoms with Crippen molar-refractivity contribution < 1.29 is 17.9 Å². The Labute approximate surface area is 231 Å². The molecule has 0 spiro atoms. The van der Waals surface area contributed by atoms with Crippen molar-refractivity contribution in [3.05, 3.63) is 63.9 Å². The van der Waals surface area contributed by atoms with Crippen molar-refractivity contribution in [2.45, 2.75) is 51.9 Å². The molecule has 3 aromatic heterocycles. The molecule has 5 rings (SSSR count). The van der Waals surface area contributed by atoms with Crippen molar-refractivity contribution in [2.24, 2.45) is 0 Å². The first-order valence-corrected chi connectivity index (χ1v) is 15.2. The van der Waals surface area contributed by atoms with Gasteiger partial charge in [-0.2, -0.15) is 0 Å². The molecular weight excluding hydrogens is 542 g/mol. The lowest BCUT2D eigenvalue weighted by molar-refractivity contribution is 0.00108. The molecule has 0 bridgehead atoms. The van der Waals surface area contributed by atoms with Crippen LogP contribution in [0.2, 0.25) is 5.02 Å². The third-order valence-electron chi connectivity index (χ3n) is 6.81. The summed E-state index contributed by atoms with van der Waals surface area (Å²) in [5.41, 5.74) is 2.42. The van der Waals surface area contributed by atoms with Crippen LogP contribution in [-0.4, -0.2) is 68.8 Å². The van der Waals surface area contributed by atoms with Crippen LogP contribution in [-0.2, 0) is 27.7 Å². The number of ether oxygens (including phenoxy) is 1. The number of halogens is 1. The minimum Gasteiger partial charge on any atom is -0.444 e.